The lowest BCUT2D eigenvalue weighted by Gasteiger charge is -2.27. The first-order valence-electron chi connectivity index (χ1n) is 12.9. The minimum absolute atomic E-state index is 0.00749. The number of thiazole rings is 1. The zero-order valence-corrected chi connectivity index (χ0v) is 24.3. The molecule has 4 aromatic carbocycles. The Kier molecular flexibility index (Phi) is 7.21. The second-order valence-corrected chi connectivity index (χ2v) is 13.2. The molecule has 0 aliphatic carbocycles. The van der Waals surface area contributed by atoms with Gasteiger partial charge in [-0.2, -0.15) is 4.31 Å². The molecule has 1 fully saturated rings. The van der Waals surface area contributed by atoms with Crippen molar-refractivity contribution < 1.29 is 18.0 Å². The minimum Gasteiger partial charge on any atom is -0.274 e. The maximum Gasteiger partial charge on any atom is 0.252 e. The van der Waals surface area contributed by atoms with Crippen molar-refractivity contribution in [2.24, 2.45) is 0 Å². The fourth-order valence-corrected chi connectivity index (χ4v) is 7.65. The van der Waals surface area contributed by atoms with Crippen LogP contribution in [0.5, 0.6) is 0 Å². The third-order valence-electron chi connectivity index (χ3n) is 6.99. The normalized spacial score (nSPS) is 15.8. The highest BCUT2D eigenvalue weighted by Gasteiger charge is 2.47. The van der Waals surface area contributed by atoms with Crippen molar-refractivity contribution in [2.45, 2.75) is 30.8 Å². The van der Waals surface area contributed by atoms with Crippen molar-refractivity contribution in [1.29, 1.82) is 0 Å². The van der Waals surface area contributed by atoms with E-state index in [1.54, 1.807) is 47.7 Å². The Labute approximate surface area is 246 Å². The Morgan fingerprint density at radius 2 is 1.66 bits per heavy atom. The van der Waals surface area contributed by atoms with Gasteiger partial charge in [0, 0.05) is 17.1 Å². The molecule has 2 amide bonds. The maximum atomic E-state index is 13.8. The Morgan fingerprint density at radius 1 is 0.951 bits per heavy atom. The molecule has 7 nitrogen and oxygen atoms in total. The molecule has 0 radical (unpaired) electrons. The number of hydrogen-bond donors (Lipinski definition) is 0. The molecule has 6 rings (SSSR count). The van der Waals surface area contributed by atoms with E-state index in [-0.39, 0.29) is 17.9 Å². The van der Waals surface area contributed by atoms with E-state index >= 15 is 0 Å². The predicted octanol–water partition coefficient (Wildman–Crippen LogP) is 6.45. The second-order valence-electron chi connectivity index (χ2n) is 9.81. The zero-order chi connectivity index (χ0) is 28.7. The Balaban J connectivity index is 1.31. The number of aryl methyl sites for hydroxylation is 1. The number of anilines is 1. The van der Waals surface area contributed by atoms with E-state index in [0.717, 1.165) is 35.6 Å². The van der Waals surface area contributed by atoms with Crippen LogP contribution >= 0.6 is 22.9 Å². The molecule has 1 aromatic heterocycles. The summed E-state index contributed by atoms with van der Waals surface area (Å²) in [6, 6.07) is 26.7. The Hall–Kier alpha value is -3.89. The maximum absolute atomic E-state index is 13.8. The van der Waals surface area contributed by atoms with E-state index in [0.29, 0.717) is 16.3 Å². The van der Waals surface area contributed by atoms with Gasteiger partial charge >= 0.3 is 0 Å². The lowest BCUT2D eigenvalue weighted by molar-refractivity contribution is -0.122. The van der Waals surface area contributed by atoms with Gasteiger partial charge in [-0.1, -0.05) is 48.0 Å². The smallest absolute Gasteiger partial charge is 0.252 e. The lowest BCUT2D eigenvalue weighted by atomic mass is 10.2. The van der Waals surface area contributed by atoms with Crippen LogP contribution < -0.4 is 4.90 Å². The summed E-state index contributed by atoms with van der Waals surface area (Å²) in [4.78, 5) is 32.7. The SMILES string of the molecule is Cc1ccc2nc(-c3ccc(N4C(=O)CC(N(Cc5ccccc5)S(=O)(=O)c5ccc(Cl)cc5)C4=O)cc3)sc2c1. The molecule has 1 aliphatic rings. The molecule has 0 bridgehead atoms. The van der Waals surface area contributed by atoms with Crippen molar-refractivity contribution in [1.82, 2.24) is 9.29 Å². The first-order valence-corrected chi connectivity index (χ1v) is 15.5. The molecule has 1 aliphatic heterocycles. The Bertz CT molecular complexity index is 1870. The number of halogens is 1. The van der Waals surface area contributed by atoms with Gasteiger partial charge in [-0.25, -0.2) is 18.3 Å². The molecule has 0 saturated carbocycles. The van der Waals surface area contributed by atoms with Crippen molar-refractivity contribution in [3.05, 3.63) is 113 Å². The third-order valence-corrected chi connectivity index (χ3v) is 10.2. The number of hydrogen-bond acceptors (Lipinski definition) is 6. The molecule has 41 heavy (non-hydrogen) atoms. The minimum atomic E-state index is -4.15. The fraction of sp³-hybridized carbons (Fsp3) is 0.129. The van der Waals surface area contributed by atoms with Crippen molar-refractivity contribution in [2.75, 3.05) is 4.90 Å². The molecule has 206 valence electrons. The van der Waals surface area contributed by atoms with Crippen molar-refractivity contribution >= 4 is 60.7 Å². The number of carbonyl (C=O) groups is 2. The first kappa shape index (κ1) is 27.3. The van der Waals surface area contributed by atoms with E-state index in [1.165, 1.54) is 24.3 Å². The quantitative estimate of drug-likeness (QED) is 0.200. The topological polar surface area (TPSA) is 87.7 Å². The van der Waals surface area contributed by atoms with Gasteiger partial charge in [-0.05, 0) is 78.7 Å². The van der Waals surface area contributed by atoms with Crippen LogP contribution in [0.25, 0.3) is 20.8 Å². The second kappa shape index (κ2) is 10.8. The van der Waals surface area contributed by atoms with Crippen LogP contribution in [0.2, 0.25) is 5.02 Å². The summed E-state index contributed by atoms with van der Waals surface area (Å²) in [6.07, 6.45) is -0.266. The van der Waals surface area contributed by atoms with Crippen LogP contribution in [0.1, 0.15) is 17.5 Å². The van der Waals surface area contributed by atoms with E-state index in [2.05, 4.69) is 6.07 Å². The summed E-state index contributed by atoms with van der Waals surface area (Å²) in [6.45, 7) is 1.96. The molecular weight excluding hydrogens is 578 g/mol. The summed E-state index contributed by atoms with van der Waals surface area (Å²) < 4.78 is 29.8. The van der Waals surface area contributed by atoms with E-state index in [1.807, 2.05) is 37.3 Å². The standard InChI is InChI=1S/C31H24ClN3O4S2/c1-20-7-16-26-28(17-20)40-30(33-26)22-8-12-24(13-9-22)35-29(36)18-27(31(35)37)34(19-21-5-3-2-4-6-21)41(38,39)25-14-10-23(32)11-15-25/h2-17,27H,18-19H2,1H3. The van der Waals surface area contributed by atoms with Crippen LogP contribution in [-0.4, -0.2) is 35.6 Å². The lowest BCUT2D eigenvalue weighted by Crippen LogP contribution is -2.45. The van der Waals surface area contributed by atoms with Crippen LogP contribution in [0.4, 0.5) is 5.69 Å². The molecule has 10 heteroatoms. The average Bonchev–Trinajstić information content (AvgIpc) is 3.52. The summed E-state index contributed by atoms with van der Waals surface area (Å²) in [7, 11) is -4.15. The third kappa shape index (κ3) is 5.29. The molecule has 1 unspecified atom stereocenters. The number of nitrogens with zero attached hydrogens (tertiary/aromatic N) is 3. The molecule has 5 aromatic rings. The van der Waals surface area contributed by atoms with Gasteiger partial charge in [0.25, 0.3) is 5.91 Å². The van der Waals surface area contributed by atoms with Crippen LogP contribution in [0.15, 0.2) is 102 Å². The number of imide groups is 1. The number of carbonyl (C=O) groups excluding carboxylic acids is 2. The van der Waals surface area contributed by atoms with E-state index in [9.17, 15) is 18.0 Å². The van der Waals surface area contributed by atoms with Crippen molar-refractivity contribution in [3.8, 4) is 10.6 Å². The number of benzene rings is 4. The Morgan fingerprint density at radius 3 is 2.37 bits per heavy atom. The van der Waals surface area contributed by atoms with Gasteiger partial charge in [-0.3, -0.25) is 9.59 Å². The van der Waals surface area contributed by atoms with Gasteiger partial charge in [0.2, 0.25) is 15.9 Å². The highest BCUT2D eigenvalue weighted by atomic mass is 35.5. The first-order chi connectivity index (χ1) is 19.7. The molecule has 1 saturated heterocycles. The largest absolute Gasteiger partial charge is 0.274 e. The number of sulfonamides is 1. The summed E-state index contributed by atoms with van der Waals surface area (Å²) in [5.41, 5.74) is 4.00. The highest BCUT2D eigenvalue weighted by molar-refractivity contribution is 7.89. The monoisotopic (exact) mass is 601 g/mol. The molecule has 0 spiro atoms. The average molecular weight is 602 g/mol. The van der Waals surface area contributed by atoms with Crippen LogP contribution in [0.3, 0.4) is 0 Å². The highest BCUT2D eigenvalue weighted by Crippen LogP contribution is 2.34. The van der Waals surface area contributed by atoms with Gasteiger partial charge in [0.15, 0.2) is 0 Å². The molecule has 0 N–H and O–H groups in total. The van der Waals surface area contributed by atoms with E-state index < -0.39 is 27.9 Å². The zero-order valence-electron chi connectivity index (χ0n) is 21.9. The van der Waals surface area contributed by atoms with E-state index in [4.69, 9.17) is 16.6 Å². The van der Waals surface area contributed by atoms with Gasteiger partial charge in [-0.15, -0.1) is 11.3 Å². The number of fused-ring (bicyclic) bond motifs is 1. The van der Waals surface area contributed by atoms with Gasteiger partial charge < -0.3 is 0 Å². The summed E-state index contributed by atoms with van der Waals surface area (Å²) >= 11 is 7.56. The van der Waals surface area contributed by atoms with Crippen LogP contribution in [0, 0.1) is 6.92 Å². The van der Waals surface area contributed by atoms with Crippen molar-refractivity contribution in [3.63, 3.8) is 0 Å². The molecule has 2 heterocycles. The van der Waals surface area contributed by atoms with Gasteiger partial charge in [0.1, 0.15) is 11.0 Å². The molecule has 1 atom stereocenters. The number of rotatable bonds is 7. The summed E-state index contributed by atoms with van der Waals surface area (Å²) in [5.74, 6) is -1.06. The van der Waals surface area contributed by atoms with Crippen LogP contribution in [-0.2, 0) is 26.2 Å². The molecular formula is C31H24ClN3O4S2. The fourth-order valence-electron chi connectivity index (χ4n) is 4.89. The summed E-state index contributed by atoms with van der Waals surface area (Å²) in [5, 5.41) is 1.22. The number of aromatic nitrogens is 1. The van der Waals surface area contributed by atoms with Gasteiger partial charge in [0.05, 0.1) is 27.2 Å². The number of amides is 2. The predicted molar refractivity (Wildman–Crippen MR) is 161 cm³/mol.